The van der Waals surface area contributed by atoms with E-state index in [0.29, 0.717) is 44.9 Å². The van der Waals surface area contributed by atoms with E-state index >= 15 is 0 Å². The molecular formula is C31H28ClN7O6. The quantitative estimate of drug-likeness (QED) is 0.128. The van der Waals surface area contributed by atoms with Crippen LogP contribution in [0.2, 0.25) is 5.02 Å². The predicted molar refractivity (Wildman–Crippen MR) is 163 cm³/mol. The molecule has 230 valence electrons. The summed E-state index contributed by atoms with van der Waals surface area (Å²) < 4.78 is 6.48. The van der Waals surface area contributed by atoms with Gasteiger partial charge >= 0.3 is 5.97 Å². The third kappa shape index (κ3) is 6.59. The third-order valence-corrected chi connectivity index (χ3v) is 7.61. The lowest BCUT2D eigenvalue weighted by Crippen LogP contribution is -2.48. The predicted octanol–water partition coefficient (Wildman–Crippen LogP) is 2.82. The van der Waals surface area contributed by atoms with Gasteiger partial charge in [0.2, 0.25) is 12.3 Å². The maximum atomic E-state index is 13.9. The minimum atomic E-state index is -1.16. The Bertz CT molecular complexity index is 1760. The minimum Gasteiger partial charge on any atom is -0.478 e. The van der Waals surface area contributed by atoms with Gasteiger partial charge < -0.3 is 25.4 Å². The Balaban J connectivity index is 1.61. The van der Waals surface area contributed by atoms with Gasteiger partial charge in [-0.05, 0) is 63.5 Å². The summed E-state index contributed by atoms with van der Waals surface area (Å²) in [5, 5.41) is 27.2. The standard InChI is InChI=1S/C31H28ClN7O6/c1-45-14-13-33-30(42)24-8-4-7-23-28(24)25(21-5-2-3-6-22(21)31(43)44)16-38(29(23)34-18-40)27(41)12-9-19-15-20(32)10-11-26(19)39-17-35-36-37-39/h2-12,15,17-18,25,29H,13-14,16H2,1H3,(H,33,42)(H,34,40)(H,43,44)/b12-9+. The maximum Gasteiger partial charge on any atom is 0.335 e. The van der Waals surface area contributed by atoms with Gasteiger partial charge in [-0.1, -0.05) is 41.9 Å². The summed E-state index contributed by atoms with van der Waals surface area (Å²) in [7, 11) is 1.52. The SMILES string of the molecule is COCCNC(=O)c1cccc2c1C(c1ccccc1C(=O)O)CN(C(=O)/C=C/c1cc(Cl)ccc1-n1cnnn1)C2NC=O. The number of halogens is 1. The van der Waals surface area contributed by atoms with Crippen LogP contribution >= 0.6 is 11.6 Å². The van der Waals surface area contributed by atoms with E-state index in [2.05, 4.69) is 26.2 Å². The van der Waals surface area contributed by atoms with Crippen molar-refractivity contribution in [2.75, 3.05) is 26.8 Å². The van der Waals surface area contributed by atoms with Crippen LogP contribution in [0.15, 0.2) is 73.1 Å². The molecular weight excluding hydrogens is 602 g/mol. The molecule has 14 heteroatoms. The highest BCUT2D eigenvalue weighted by Crippen LogP contribution is 2.41. The van der Waals surface area contributed by atoms with Gasteiger partial charge in [-0.15, -0.1) is 5.10 Å². The monoisotopic (exact) mass is 629 g/mol. The summed E-state index contributed by atoms with van der Waals surface area (Å²) in [5.74, 6) is -2.78. The van der Waals surface area contributed by atoms with Crippen molar-refractivity contribution in [2.45, 2.75) is 12.1 Å². The summed E-state index contributed by atoms with van der Waals surface area (Å²) in [6.07, 6.45) is 3.79. The number of ether oxygens (including phenoxy) is 1. The van der Waals surface area contributed by atoms with Gasteiger partial charge in [0.15, 0.2) is 0 Å². The van der Waals surface area contributed by atoms with Crippen molar-refractivity contribution in [1.82, 2.24) is 35.7 Å². The van der Waals surface area contributed by atoms with Crippen LogP contribution in [0.25, 0.3) is 11.8 Å². The number of nitrogens with one attached hydrogen (secondary N) is 2. The number of carboxylic acids is 1. The van der Waals surface area contributed by atoms with E-state index in [1.807, 2.05) is 0 Å². The summed E-state index contributed by atoms with van der Waals surface area (Å²) in [5.41, 5.74) is 2.81. The fourth-order valence-electron chi connectivity index (χ4n) is 5.44. The van der Waals surface area contributed by atoms with Gasteiger partial charge in [0.1, 0.15) is 12.5 Å². The Kier molecular flexibility index (Phi) is 9.61. The zero-order chi connectivity index (χ0) is 31.9. The molecule has 0 bridgehead atoms. The van der Waals surface area contributed by atoms with Crippen molar-refractivity contribution in [2.24, 2.45) is 0 Å². The lowest BCUT2D eigenvalue weighted by Gasteiger charge is -2.41. The number of amides is 3. The fraction of sp³-hybridized carbons (Fsp3) is 0.194. The Labute approximate surface area is 262 Å². The number of benzene rings is 3. The Hall–Kier alpha value is -5.40. The van der Waals surface area contributed by atoms with Crippen molar-refractivity contribution in [3.8, 4) is 5.69 Å². The summed E-state index contributed by atoms with van der Waals surface area (Å²) in [4.78, 5) is 52.9. The highest BCUT2D eigenvalue weighted by molar-refractivity contribution is 6.30. The number of aromatic carboxylic acids is 1. The molecule has 0 aliphatic carbocycles. The van der Waals surface area contributed by atoms with Crippen molar-refractivity contribution in [1.29, 1.82) is 0 Å². The van der Waals surface area contributed by atoms with E-state index in [4.69, 9.17) is 16.3 Å². The summed E-state index contributed by atoms with van der Waals surface area (Å²) >= 11 is 6.24. The minimum absolute atomic E-state index is 0.0257. The molecule has 45 heavy (non-hydrogen) atoms. The summed E-state index contributed by atoms with van der Waals surface area (Å²) in [6, 6.07) is 16.4. The number of hydrogen-bond acceptors (Lipinski definition) is 8. The molecule has 2 heterocycles. The van der Waals surface area contributed by atoms with Gasteiger partial charge in [0.25, 0.3) is 5.91 Å². The first-order chi connectivity index (χ1) is 21.8. The van der Waals surface area contributed by atoms with Gasteiger partial charge in [0.05, 0.1) is 17.9 Å². The van der Waals surface area contributed by atoms with Crippen LogP contribution in [-0.4, -0.2) is 81.2 Å². The molecule has 3 aromatic carbocycles. The molecule has 4 aromatic rings. The second kappa shape index (κ2) is 13.9. The number of nitrogens with zero attached hydrogens (tertiary/aromatic N) is 5. The van der Waals surface area contributed by atoms with Crippen molar-refractivity contribution < 1.29 is 29.0 Å². The summed E-state index contributed by atoms with van der Waals surface area (Å²) in [6.45, 7) is 0.485. The third-order valence-electron chi connectivity index (χ3n) is 7.38. The molecule has 13 nitrogen and oxygen atoms in total. The lowest BCUT2D eigenvalue weighted by molar-refractivity contribution is -0.130. The molecule has 1 aromatic heterocycles. The average molecular weight is 630 g/mol. The fourth-order valence-corrected chi connectivity index (χ4v) is 5.62. The van der Waals surface area contributed by atoms with E-state index in [0.717, 1.165) is 0 Å². The highest BCUT2D eigenvalue weighted by Gasteiger charge is 2.39. The van der Waals surface area contributed by atoms with Crippen LogP contribution in [-0.2, 0) is 14.3 Å². The topological polar surface area (TPSA) is 169 Å². The van der Waals surface area contributed by atoms with Crippen LogP contribution in [0.3, 0.4) is 0 Å². The molecule has 3 amide bonds. The zero-order valence-corrected chi connectivity index (χ0v) is 24.7. The molecule has 0 fully saturated rings. The maximum absolute atomic E-state index is 13.9. The number of carbonyl (C=O) groups is 4. The molecule has 2 atom stereocenters. The van der Waals surface area contributed by atoms with Crippen molar-refractivity contribution in [3.05, 3.63) is 111 Å². The van der Waals surface area contributed by atoms with Crippen LogP contribution in [0.4, 0.5) is 0 Å². The lowest BCUT2D eigenvalue weighted by atomic mass is 9.78. The molecule has 2 unspecified atom stereocenters. The number of rotatable bonds is 11. The molecule has 0 saturated heterocycles. The van der Waals surface area contributed by atoms with E-state index in [-0.39, 0.29) is 25.3 Å². The molecule has 3 N–H and O–H groups in total. The number of aromatic nitrogens is 4. The Morgan fingerprint density at radius 3 is 2.60 bits per heavy atom. The largest absolute Gasteiger partial charge is 0.478 e. The molecule has 5 rings (SSSR count). The van der Waals surface area contributed by atoms with Gasteiger partial charge in [-0.25, -0.2) is 4.79 Å². The second-order valence-corrected chi connectivity index (χ2v) is 10.4. The second-order valence-electron chi connectivity index (χ2n) is 9.97. The molecule has 1 aliphatic heterocycles. The number of carbonyl (C=O) groups excluding carboxylic acids is 3. The van der Waals surface area contributed by atoms with Crippen molar-refractivity contribution in [3.63, 3.8) is 0 Å². The highest BCUT2D eigenvalue weighted by atomic mass is 35.5. The van der Waals surface area contributed by atoms with Gasteiger partial charge in [0, 0.05) is 48.3 Å². The first-order valence-electron chi connectivity index (χ1n) is 13.8. The normalized spacial score (nSPS) is 15.8. The number of hydrogen-bond donors (Lipinski definition) is 3. The van der Waals surface area contributed by atoms with Crippen LogP contribution in [0.5, 0.6) is 0 Å². The number of methoxy groups -OCH3 is 1. The van der Waals surface area contributed by atoms with Crippen LogP contribution in [0.1, 0.15) is 55.1 Å². The molecule has 0 radical (unpaired) electrons. The first kappa shape index (κ1) is 31.0. The molecule has 0 spiro atoms. The van der Waals surface area contributed by atoms with Crippen LogP contribution in [0, 0.1) is 0 Å². The van der Waals surface area contributed by atoms with E-state index in [9.17, 15) is 24.3 Å². The van der Waals surface area contributed by atoms with E-state index in [1.54, 1.807) is 60.7 Å². The van der Waals surface area contributed by atoms with Gasteiger partial charge in [-0.3, -0.25) is 14.4 Å². The molecule has 0 saturated carbocycles. The van der Waals surface area contributed by atoms with Crippen LogP contribution < -0.4 is 10.6 Å². The van der Waals surface area contributed by atoms with Crippen molar-refractivity contribution >= 4 is 41.9 Å². The Morgan fingerprint density at radius 2 is 1.87 bits per heavy atom. The van der Waals surface area contributed by atoms with E-state index in [1.165, 1.54) is 35.2 Å². The first-order valence-corrected chi connectivity index (χ1v) is 14.1. The number of fused-ring (bicyclic) bond motifs is 1. The average Bonchev–Trinajstić information content (AvgIpc) is 3.58. The number of carboxylic acid groups (broad SMARTS) is 1. The smallest absolute Gasteiger partial charge is 0.335 e. The Morgan fingerprint density at radius 1 is 1.09 bits per heavy atom. The molecule has 1 aliphatic rings. The zero-order valence-electron chi connectivity index (χ0n) is 24.0. The van der Waals surface area contributed by atoms with E-state index < -0.39 is 29.9 Å². The number of tetrazole rings is 1. The van der Waals surface area contributed by atoms with Gasteiger partial charge in [-0.2, -0.15) is 4.68 Å².